The van der Waals surface area contributed by atoms with Gasteiger partial charge in [-0.15, -0.1) is 0 Å². The third-order valence-corrected chi connectivity index (χ3v) is 3.31. The number of carbonyl (C=O) groups excluding carboxylic acids is 1. The van der Waals surface area contributed by atoms with E-state index in [1.807, 2.05) is 19.9 Å². The first-order chi connectivity index (χ1) is 9.02. The summed E-state index contributed by atoms with van der Waals surface area (Å²) >= 11 is 3.38. The van der Waals surface area contributed by atoms with Crippen molar-refractivity contribution in [1.82, 2.24) is 10.1 Å². The van der Waals surface area contributed by atoms with Gasteiger partial charge in [0.2, 0.25) is 0 Å². The maximum absolute atomic E-state index is 12.2. The summed E-state index contributed by atoms with van der Waals surface area (Å²) in [6.07, 6.45) is 2.34. The first-order valence-corrected chi connectivity index (χ1v) is 6.70. The lowest BCUT2D eigenvalue weighted by Crippen LogP contribution is -2.15. The van der Waals surface area contributed by atoms with E-state index < -0.39 is 0 Å². The van der Waals surface area contributed by atoms with Crippen molar-refractivity contribution in [2.24, 2.45) is 0 Å². The highest BCUT2D eigenvalue weighted by molar-refractivity contribution is 9.10. The molecule has 0 aromatic carbocycles. The Hall–Kier alpha value is -1.69. The molecule has 0 aliphatic rings. The van der Waals surface area contributed by atoms with Crippen molar-refractivity contribution in [2.75, 3.05) is 5.32 Å². The molecule has 0 aliphatic carbocycles. The lowest BCUT2D eigenvalue weighted by molar-refractivity contribution is 0.102. The molecule has 2 rings (SSSR count). The number of hydrogen-bond acceptors (Lipinski definition) is 4. The second-order valence-electron chi connectivity index (χ2n) is 4.21. The molecule has 19 heavy (non-hydrogen) atoms. The maximum Gasteiger partial charge on any atom is 0.262 e. The SMILES string of the molecule is CCc1noc(C)c1C(=O)Nc1ncc(C)cc1Br. The van der Waals surface area contributed by atoms with E-state index in [2.05, 4.69) is 31.4 Å². The molecule has 5 nitrogen and oxygen atoms in total. The van der Waals surface area contributed by atoms with Crippen molar-refractivity contribution in [1.29, 1.82) is 0 Å². The molecule has 0 fully saturated rings. The van der Waals surface area contributed by atoms with Crippen LogP contribution in [0.2, 0.25) is 0 Å². The summed E-state index contributed by atoms with van der Waals surface area (Å²) in [5.74, 6) is 0.739. The van der Waals surface area contributed by atoms with Gasteiger partial charge in [-0.1, -0.05) is 12.1 Å². The quantitative estimate of drug-likeness (QED) is 0.941. The van der Waals surface area contributed by atoms with Gasteiger partial charge in [-0.05, 0) is 47.8 Å². The largest absolute Gasteiger partial charge is 0.361 e. The molecule has 0 aliphatic heterocycles. The third-order valence-electron chi connectivity index (χ3n) is 2.71. The Morgan fingerprint density at radius 3 is 2.84 bits per heavy atom. The van der Waals surface area contributed by atoms with Crippen LogP contribution in [0.15, 0.2) is 21.3 Å². The summed E-state index contributed by atoms with van der Waals surface area (Å²) in [4.78, 5) is 16.4. The van der Waals surface area contributed by atoms with Crippen molar-refractivity contribution < 1.29 is 9.32 Å². The number of anilines is 1. The van der Waals surface area contributed by atoms with Crippen molar-refractivity contribution in [3.05, 3.63) is 39.3 Å². The molecule has 2 aromatic rings. The summed E-state index contributed by atoms with van der Waals surface area (Å²) in [5, 5.41) is 6.62. The van der Waals surface area contributed by atoms with Gasteiger partial charge < -0.3 is 9.84 Å². The molecule has 2 heterocycles. The van der Waals surface area contributed by atoms with E-state index in [0.29, 0.717) is 29.3 Å². The first kappa shape index (κ1) is 13.7. The van der Waals surface area contributed by atoms with Crippen LogP contribution in [0.3, 0.4) is 0 Å². The van der Waals surface area contributed by atoms with E-state index in [-0.39, 0.29) is 5.91 Å². The zero-order valence-corrected chi connectivity index (χ0v) is 12.5. The van der Waals surface area contributed by atoms with Crippen LogP contribution in [0, 0.1) is 13.8 Å². The van der Waals surface area contributed by atoms with Gasteiger partial charge in [0.25, 0.3) is 5.91 Å². The van der Waals surface area contributed by atoms with Crippen LogP contribution in [0.25, 0.3) is 0 Å². The molecule has 0 unspecified atom stereocenters. The van der Waals surface area contributed by atoms with E-state index in [1.165, 1.54) is 0 Å². The number of nitrogens with zero attached hydrogens (tertiary/aromatic N) is 2. The number of amides is 1. The van der Waals surface area contributed by atoms with Gasteiger partial charge in [-0.3, -0.25) is 4.79 Å². The fourth-order valence-electron chi connectivity index (χ4n) is 1.75. The lowest BCUT2D eigenvalue weighted by atomic mass is 10.1. The molecule has 0 saturated heterocycles. The number of nitrogens with one attached hydrogen (secondary N) is 1. The Bertz CT molecular complexity index is 622. The van der Waals surface area contributed by atoms with Crippen LogP contribution in [0.5, 0.6) is 0 Å². The number of halogens is 1. The molecule has 100 valence electrons. The van der Waals surface area contributed by atoms with E-state index in [9.17, 15) is 4.79 Å². The molecule has 1 N–H and O–H groups in total. The van der Waals surface area contributed by atoms with E-state index in [0.717, 1.165) is 10.0 Å². The fraction of sp³-hybridized carbons (Fsp3) is 0.308. The fourth-order valence-corrected chi connectivity index (χ4v) is 2.31. The van der Waals surface area contributed by atoms with Crippen LogP contribution in [0.1, 0.15) is 34.3 Å². The number of aryl methyl sites for hydroxylation is 3. The van der Waals surface area contributed by atoms with Gasteiger partial charge in [0.15, 0.2) is 0 Å². The van der Waals surface area contributed by atoms with Gasteiger partial charge in [0, 0.05) is 6.20 Å². The average molecular weight is 324 g/mol. The topological polar surface area (TPSA) is 68.0 Å². The van der Waals surface area contributed by atoms with E-state index >= 15 is 0 Å². The highest BCUT2D eigenvalue weighted by atomic mass is 79.9. The molecule has 2 aromatic heterocycles. The van der Waals surface area contributed by atoms with Gasteiger partial charge in [0.1, 0.15) is 17.1 Å². The highest BCUT2D eigenvalue weighted by Crippen LogP contribution is 2.22. The zero-order chi connectivity index (χ0) is 14.0. The standard InChI is InChI=1S/C13H14BrN3O2/c1-4-10-11(8(3)19-17-10)13(18)16-12-9(14)5-7(2)6-15-12/h5-6H,4H2,1-3H3,(H,15,16,18). The van der Waals surface area contributed by atoms with Crippen molar-refractivity contribution in [3.8, 4) is 0 Å². The molecular weight excluding hydrogens is 310 g/mol. The van der Waals surface area contributed by atoms with Crippen LogP contribution in [0.4, 0.5) is 5.82 Å². The second-order valence-corrected chi connectivity index (χ2v) is 5.07. The maximum atomic E-state index is 12.2. The predicted molar refractivity (Wildman–Crippen MR) is 75.2 cm³/mol. The number of hydrogen-bond donors (Lipinski definition) is 1. The van der Waals surface area contributed by atoms with E-state index in [4.69, 9.17) is 4.52 Å². The molecule has 0 atom stereocenters. The minimum absolute atomic E-state index is 0.257. The number of pyridine rings is 1. The Morgan fingerprint density at radius 1 is 1.47 bits per heavy atom. The Balaban J connectivity index is 2.28. The normalized spacial score (nSPS) is 10.5. The predicted octanol–water partition coefficient (Wildman–Crippen LogP) is 3.26. The molecule has 0 bridgehead atoms. The van der Waals surface area contributed by atoms with Gasteiger partial charge >= 0.3 is 0 Å². The number of rotatable bonds is 3. The highest BCUT2D eigenvalue weighted by Gasteiger charge is 2.20. The first-order valence-electron chi connectivity index (χ1n) is 5.91. The third kappa shape index (κ3) is 2.84. The van der Waals surface area contributed by atoms with Gasteiger partial charge in [-0.2, -0.15) is 0 Å². The lowest BCUT2D eigenvalue weighted by Gasteiger charge is -2.06. The monoisotopic (exact) mass is 323 g/mol. The summed E-state index contributed by atoms with van der Waals surface area (Å²) in [7, 11) is 0. The minimum Gasteiger partial charge on any atom is -0.361 e. The molecule has 0 saturated carbocycles. The number of carbonyl (C=O) groups is 1. The van der Waals surface area contributed by atoms with Crippen LogP contribution < -0.4 is 5.32 Å². The summed E-state index contributed by atoms with van der Waals surface area (Å²) < 4.78 is 5.80. The Morgan fingerprint density at radius 2 is 2.21 bits per heavy atom. The second kappa shape index (κ2) is 5.52. The molecular formula is C13H14BrN3O2. The van der Waals surface area contributed by atoms with Crippen LogP contribution in [-0.4, -0.2) is 16.0 Å². The molecule has 1 amide bonds. The summed E-state index contributed by atoms with van der Waals surface area (Å²) in [6.45, 7) is 5.58. The van der Waals surface area contributed by atoms with Crippen LogP contribution >= 0.6 is 15.9 Å². The van der Waals surface area contributed by atoms with Crippen molar-refractivity contribution in [2.45, 2.75) is 27.2 Å². The number of aromatic nitrogens is 2. The Labute approximate surface area is 119 Å². The minimum atomic E-state index is -0.257. The smallest absolute Gasteiger partial charge is 0.262 e. The van der Waals surface area contributed by atoms with Gasteiger partial charge in [0.05, 0.1) is 10.2 Å². The molecule has 6 heteroatoms. The summed E-state index contributed by atoms with van der Waals surface area (Å²) in [6, 6.07) is 1.89. The molecule has 0 spiro atoms. The van der Waals surface area contributed by atoms with Gasteiger partial charge in [-0.25, -0.2) is 4.98 Å². The summed E-state index contributed by atoms with van der Waals surface area (Å²) in [5.41, 5.74) is 2.15. The average Bonchev–Trinajstić information content (AvgIpc) is 2.74. The van der Waals surface area contributed by atoms with E-state index in [1.54, 1.807) is 13.1 Å². The van der Waals surface area contributed by atoms with Crippen molar-refractivity contribution in [3.63, 3.8) is 0 Å². The Kier molecular flexibility index (Phi) is 3.99. The van der Waals surface area contributed by atoms with Crippen molar-refractivity contribution >= 4 is 27.7 Å². The van der Waals surface area contributed by atoms with Crippen LogP contribution in [-0.2, 0) is 6.42 Å². The molecule has 0 radical (unpaired) electrons. The zero-order valence-electron chi connectivity index (χ0n) is 11.0.